The van der Waals surface area contributed by atoms with Gasteiger partial charge in [0.05, 0.1) is 13.3 Å². The Balaban J connectivity index is 1.83. The average molecular weight is 315 g/mol. The SMILES string of the molecule is COc1ccc(Cn2c(-c3ccccc3)c[n+]3ccccc23)cc1. The zero-order chi connectivity index (χ0) is 16.4. The molecule has 24 heavy (non-hydrogen) atoms. The summed E-state index contributed by atoms with van der Waals surface area (Å²) in [5, 5.41) is 0. The summed E-state index contributed by atoms with van der Waals surface area (Å²) in [6, 6.07) is 25.0. The van der Waals surface area contributed by atoms with Crippen LogP contribution in [0.3, 0.4) is 0 Å². The highest BCUT2D eigenvalue weighted by Crippen LogP contribution is 2.22. The van der Waals surface area contributed by atoms with Gasteiger partial charge in [-0.3, -0.25) is 0 Å². The van der Waals surface area contributed by atoms with Gasteiger partial charge in [-0.05, 0) is 23.8 Å². The van der Waals surface area contributed by atoms with Crippen LogP contribution >= 0.6 is 0 Å². The molecule has 4 rings (SSSR count). The van der Waals surface area contributed by atoms with Gasteiger partial charge in [0.1, 0.15) is 18.5 Å². The summed E-state index contributed by atoms with van der Waals surface area (Å²) in [6.45, 7) is 0.814. The van der Waals surface area contributed by atoms with E-state index < -0.39 is 0 Å². The van der Waals surface area contributed by atoms with E-state index in [0.717, 1.165) is 12.3 Å². The molecule has 0 atom stereocenters. The van der Waals surface area contributed by atoms with Crippen LogP contribution in [0.25, 0.3) is 16.9 Å². The van der Waals surface area contributed by atoms with Crippen LogP contribution in [-0.2, 0) is 6.54 Å². The molecular weight excluding hydrogens is 296 g/mol. The van der Waals surface area contributed by atoms with Crippen LogP contribution in [-0.4, -0.2) is 11.7 Å². The van der Waals surface area contributed by atoms with Crippen LogP contribution in [0.15, 0.2) is 85.2 Å². The van der Waals surface area contributed by atoms with Crippen LogP contribution in [0, 0.1) is 0 Å². The maximum absolute atomic E-state index is 5.26. The Kier molecular flexibility index (Phi) is 3.75. The summed E-state index contributed by atoms with van der Waals surface area (Å²) < 4.78 is 9.77. The number of imidazole rings is 1. The number of rotatable bonds is 4. The van der Waals surface area contributed by atoms with E-state index in [0.29, 0.717) is 0 Å². The largest absolute Gasteiger partial charge is 0.497 e. The predicted molar refractivity (Wildman–Crippen MR) is 95.1 cm³/mol. The smallest absolute Gasteiger partial charge is 0.286 e. The molecule has 118 valence electrons. The summed E-state index contributed by atoms with van der Waals surface area (Å²) in [6.07, 6.45) is 4.28. The number of hydrogen-bond acceptors (Lipinski definition) is 1. The minimum atomic E-state index is 0.814. The third-order valence-corrected chi connectivity index (χ3v) is 4.27. The molecule has 0 bridgehead atoms. The molecular formula is C21H19N2O+. The average Bonchev–Trinajstić information content (AvgIpc) is 3.02. The van der Waals surface area contributed by atoms with Crippen molar-refractivity contribution in [1.82, 2.24) is 4.57 Å². The molecule has 4 aromatic rings. The molecule has 0 spiro atoms. The van der Waals surface area contributed by atoms with Crippen molar-refractivity contribution in [3.05, 3.63) is 90.8 Å². The number of nitrogens with zero attached hydrogens (tertiary/aromatic N) is 2. The molecule has 2 heterocycles. The van der Waals surface area contributed by atoms with E-state index >= 15 is 0 Å². The number of pyridine rings is 1. The predicted octanol–water partition coefficient (Wildman–Crippen LogP) is 3.95. The first-order valence-electron chi connectivity index (χ1n) is 8.03. The second-order valence-corrected chi connectivity index (χ2v) is 5.78. The van der Waals surface area contributed by atoms with Gasteiger partial charge in [0.2, 0.25) is 0 Å². The van der Waals surface area contributed by atoms with Crippen molar-refractivity contribution in [3.8, 4) is 17.0 Å². The van der Waals surface area contributed by atoms with Gasteiger partial charge in [0.25, 0.3) is 5.65 Å². The van der Waals surface area contributed by atoms with E-state index in [2.05, 4.69) is 76.0 Å². The minimum absolute atomic E-state index is 0.814. The number of fused-ring (bicyclic) bond motifs is 1. The van der Waals surface area contributed by atoms with Gasteiger partial charge in [-0.2, -0.15) is 0 Å². The number of methoxy groups -OCH3 is 1. The minimum Gasteiger partial charge on any atom is -0.497 e. The van der Waals surface area contributed by atoms with E-state index in [1.54, 1.807) is 7.11 Å². The van der Waals surface area contributed by atoms with Crippen molar-refractivity contribution >= 4 is 5.65 Å². The van der Waals surface area contributed by atoms with Gasteiger partial charge in [-0.1, -0.05) is 48.5 Å². The number of ether oxygens (including phenoxy) is 1. The first-order valence-corrected chi connectivity index (χ1v) is 8.03. The molecule has 0 N–H and O–H groups in total. The first-order chi connectivity index (χ1) is 11.8. The van der Waals surface area contributed by atoms with E-state index in [-0.39, 0.29) is 0 Å². The summed E-state index contributed by atoms with van der Waals surface area (Å²) in [5.74, 6) is 0.883. The van der Waals surface area contributed by atoms with Crippen LogP contribution < -0.4 is 9.14 Å². The van der Waals surface area contributed by atoms with Gasteiger partial charge in [0.15, 0.2) is 5.69 Å². The Morgan fingerprint density at radius 1 is 0.875 bits per heavy atom. The Bertz CT molecular complexity index is 956. The number of hydrogen-bond donors (Lipinski definition) is 0. The fourth-order valence-electron chi connectivity index (χ4n) is 3.03. The van der Waals surface area contributed by atoms with E-state index in [1.165, 1.54) is 22.5 Å². The molecule has 3 nitrogen and oxygen atoms in total. The molecule has 0 saturated carbocycles. The second-order valence-electron chi connectivity index (χ2n) is 5.78. The molecule has 0 amide bonds. The highest BCUT2D eigenvalue weighted by molar-refractivity contribution is 5.61. The summed E-state index contributed by atoms with van der Waals surface area (Å²) >= 11 is 0. The maximum Gasteiger partial charge on any atom is 0.286 e. The maximum atomic E-state index is 5.26. The Hall–Kier alpha value is -3.07. The monoisotopic (exact) mass is 315 g/mol. The Morgan fingerprint density at radius 3 is 2.38 bits per heavy atom. The fourth-order valence-corrected chi connectivity index (χ4v) is 3.03. The zero-order valence-corrected chi connectivity index (χ0v) is 13.6. The lowest BCUT2D eigenvalue weighted by molar-refractivity contribution is -0.510. The third-order valence-electron chi connectivity index (χ3n) is 4.27. The second kappa shape index (κ2) is 6.20. The molecule has 2 aromatic heterocycles. The number of aromatic nitrogens is 2. The number of benzene rings is 2. The lowest BCUT2D eigenvalue weighted by Gasteiger charge is -2.05. The van der Waals surface area contributed by atoms with Crippen LogP contribution in [0.2, 0.25) is 0 Å². The standard InChI is InChI=1S/C21H19N2O/c1-24-19-12-10-17(11-13-19)15-23-20(18-7-3-2-4-8-18)16-22-14-6-5-9-21(22)23/h2-14,16H,15H2,1H3/q+1. The Morgan fingerprint density at radius 2 is 1.62 bits per heavy atom. The van der Waals surface area contributed by atoms with E-state index in [4.69, 9.17) is 4.74 Å². The molecule has 0 aliphatic rings. The van der Waals surface area contributed by atoms with Crippen molar-refractivity contribution in [1.29, 1.82) is 0 Å². The van der Waals surface area contributed by atoms with Gasteiger partial charge < -0.3 is 4.74 Å². The molecule has 3 heteroatoms. The summed E-state index contributed by atoms with van der Waals surface area (Å²) in [4.78, 5) is 0. The van der Waals surface area contributed by atoms with Gasteiger partial charge in [0, 0.05) is 11.6 Å². The quantitative estimate of drug-likeness (QED) is 0.522. The van der Waals surface area contributed by atoms with Crippen molar-refractivity contribution in [2.24, 2.45) is 0 Å². The topological polar surface area (TPSA) is 18.3 Å². The van der Waals surface area contributed by atoms with Crippen molar-refractivity contribution in [2.45, 2.75) is 6.54 Å². The van der Waals surface area contributed by atoms with Crippen molar-refractivity contribution in [2.75, 3.05) is 7.11 Å². The molecule has 0 aliphatic heterocycles. The van der Waals surface area contributed by atoms with Crippen molar-refractivity contribution < 1.29 is 9.14 Å². The van der Waals surface area contributed by atoms with Crippen LogP contribution in [0.5, 0.6) is 5.75 Å². The molecule has 0 radical (unpaired) electrons. The normalized spacial score (nSPS) is 10.9. The molecule has 2 aromatic carbocycles. The zero-order valence-electron chi connectivity index (χ0n) is 13.6. The van der Waals surface area contributed by atoms with Gasteiger partial charge >= 0.3 is 0 Å². The van der Waals surface area contributed by atoms with Crippen molar-refractivity contribution in [3.63, 3.8) is 0 Å². The summed E-state index contributed by atoms with van der Waals surface area (Å²) in [5.41, 5.74) is 4.84. The van der Waals surface area contributed by atoms with Gasteiger partial charge in [-0.15, -0.1) is 0 Å². The highest BCUT2D eigenvalue weighted by Gasteiger charge is 2.18. The first kappa shape index (κ1) is 14.5. The third kappa shape index (κ3) is 2.65. The van der Waals surface area contributed by atoms with Crippen LogP contribution in [0.4, 0.5) is 0 Å². The molecule has 0 saturated heterocycles. The lowest BCUT2D eigenvalue weighted by Crippen LogP contribution is -2.18. The summed E-state index contributed by atoms with van der Waals surface area (Å²) in [7, 11) is 1.69. The lowest BCUT2D eigenvalue weighted by atomic mass is 10.1. The highest BCUT2D eigenvalue weighted by atomic mass is 16.5. The van der Waals surface area contributed by atoms with E-state index in [1.807, 2.05) is 18.2 Å². The molecule has 0 fully saturated rings. The van der Waals surface area contributed by atoms with E-state index in [9.17, 15) is 0 Å². The fraction of sp³-hybridized carbons (Fsp3) is 0.0952. The molecule has 0 aliphatic carbocycles. The van der Waals surface area contributed by atoms with Crippen LogP contribution in [0.1, 0.15) is 5.56 Å². The molecule has 0 unspecified atom stereocenters. The Labute approximate surface area is 141 Å². The van der Waals surface area contributed by atoms with Gasteiger partial charge in [-0.25, -0.2) is 8.97 Å².